The standard InChI is InChI=1S/C14H30N2O3/c1-4-13(12-15)11-14(17)16(7-9-18-5-2)8-10-19-6-3/h13H,4-12,15H2,1-3H3. The van der Waals surface area contributed by atoms with Gasteiger partial charge in [-0.25, -0.2) is 0 Å². The summed E-state index contributed by atoms with van der Waals surface area (Å²) in [6.07, 6.45) is 1.46. The molecule has 0 saturated carbocycles. The maximum absolute atomic E-state index is 12.2. The molecule has 0 aliphatic heterocycles. The third-order valence-electron chi connectivity index (χ3n) is 3.15. The summed E-state index contributed by atoms with van der Waals surface area (Å²) in [6.45, 7) is 10.3. The van der Waals surface area contributed by atoms with Gasteiger partial charge in [0.25, 0.3) is 0 Å². The van der Waals surface area contributed by atoms with Crippen molar-refractivity contribution >= 4 is 5.91 Å². The molecule has 0 rings (SSSR count). The molecule has 0 fully saturated rings. The molecule has 1 amide bonds. The Hall–Kier alpha value is -0.650. The van der Waals surface area contributed by atoms with Gasteiger partial charge in [-0.3, -0.25) is 4.79 Å². The zero-order chi connectivity index (χ0) is 14.5. The molecule has 19 heavy (non-hydrogen) atoms. The lowest BCUT2D eigenvalue weighted by Crippen LogP contribution is -2.38. The maximum atomic E-state index is 12.2. The van der Waals surface area contributed by atoms with Gasteiger partial charge in [0.2, 0.25) is 5.91 Å². The molecular formula is C14H30N2O3. The zero-order valence-electron chi connectivity index (χ0n) is 12.7. The van der Waals surface area contributed by atoms with Crippen molar-refractivity contribution in [3.63, 3.8) is 0 Å². The Morgan fingerprint density at radius 1 is 1.11 bits per heavy atom. The van der Waals surface area contributed by atoms with E-state index in [1.165, 1.54) is 0 Å². The van der Waals surface area contributed by atoms with Gasteiger partial charge in [0.15, 0.2) is 0 Å². The number of nitrogens with zero attached hydrogens (tertiary/aromatic N) is 1. The average Bonchev–Trinajstić information content (AvgIpc) is 2.43. The first-order valence-electron chi connectivity index (χ1n) is 7.32. The fourth-order valence-corrected chi connectivity index (χ4v) is 1.77. The summed E-state index contributed by atoms with van der Waals surface area (Å²) in [4.78, 5) is 14.0. The fraction of sp³-hybridized carbons (Fsp3) is 0.929. The molecule has 1 atom stereocenters. The lowest BCUT2D eigenvalue weighted by molar-refractivity contribution is -0.133. The number of hydrogen-bond donors (Lipinski definition) is 1. The third kappa shape index (κ3) is 8.97. The van der Waals surface area contributed by atoms with Crippen molar-refractivity contribution in [2.75, 3.05) is 46.1 Å². The molecule has 0 aliphatic carbocycles. The summed E-state index contributed by atoms with van der Waals surface area (Å²) < 4.78 is 10.6. The summed E-state index contributed by atoms with van der Waals surface area (Å²) in [6, 6.07) is 0. The minimum absolute atomic E-state index is 0.150. The lowest BCUT2D eigenvalue weighted by Gasteiger charge is -2.24. The molecule has 0 spiro atoms. The second-order valence-electron chi connectivity index (χ2n) is 4.49. The van der Waals surface area contributed by atoms with E-state index in [1.54, 1.807) is 0 Å². The molecule has 5 nitrogen and oxygen atoms in total. The highest BCUT2D eigenvalue weighted by Gasteiger charge is 2.17. The van der Waals surface area contributed by atoms with Crippen molar-refractivity contribution in [1.29, 1.82) is 0 Å². The first-order valence-corrected chi connectivity index (χ1v) is 7.32. The van der Waals surface area contributed by atoms with Crippen LogP contribution < -0.4 is 5.73 Å². The molecule has 2 N–H and O–H groups in total. The predicted molar refractivity (Wildman–Crippen MR) is 77.0 cm³/mol. The van der Waals surface area contributed by atoms with Crippen LogP contribution in [0.4, 0.5) is 0 Å². The van der Waals surface area contributed by atoms with Gasteiger partial charge in [0.1, 0.15) is 0 Å². The van der Waals surface area contributed by atoms with Crippen LogP contribution in [0.5, 0.6) is 0 Å². The van der Waals surface area contributed by atoms with Crippen molar-refractivity contribution in [1.82, 2.24) is 4.90 Å². The lowest BCUT2D eigenvalue weighted by atomic mass is 10.0. The Morgan fingerprint density at radius 2 is 1.63 bits per heavy atom. The Kier molecular flexibility index (Phi) is 12.0. The van der Waals surface area contributed by atoms with Gasteiger partial charge in [-0.15, -0.1) is 0 Å². The molecule has 0 heterocycles. The van der Waals surface area contributed by atoms with Crippen molar-refractivity contribution in [2.24, 2.45) is 11.7 Å². The smallest absolute Gasteiger partial charge is 0.223 e. The van der Waals surface area contributed by atoms with Crippen LogP contribution in [0.15, 0.2) is 0 Å². The van der Waals surface area contributed by atoms with E-state index in [9.17, 15) is 4.79 Å². The number of carbonyl (C=O) groups is 1. The van der Waals surface area contributed by atoms with E-state index in [2.05, 4.69) is 6.92 Å². The first kappa shape index (κ1) is 18.4. The Morgan fingerprint density at radius 3 is 2.00 bits per heavy atom. The van der Waals surface area contributed by atoms with Crippen LogP contribution in [0.1, 0.15) is 33.6 Å². The van der Waals surface area contributed by atoms with Gasteiger partial charge < -0.3 is 20.1 Å². The van der Waals surface area contributed by atoms with Gasteiger partial charge in [-0.1, -0.05) is 13.3 Å². The zero-order valence-corrected chi connectivity index (χ0v) is 12.7. The van der Waals surface area contributed by atoms with Crippen molar-refractivity contribution < 1.29 is 14.3 Å². The average molecular weight is 274 g/mol. The number of nitrogens with two attached hydrogens (primary N) is 1. The molecule has 5 heteroatoms. The second kappa shape index (κ2) is 12.4. The summed E-state index contributed by atoms with van der Waals surface area (Å²) in [7, 11) is 0. The van der Waals surface area contributed by atoms with Gasteiger partial charge >= 0.3 is 0 Å². The molecule has 1 unspecified atom stereocenters. The predicted octanol–water partition coefficient (Wildman–Crippen LogP) is 1.26. The molecule has 0 saturated heterocycles. The van der Waals surface area contributed by atoms with Gasteiger partial charge in [0.05, 0.1) is 13.2 Å². The molecule has 0 aromatic carbocycles. The summed E-state index contributed by atoms with van der Waals surface area (Å²) >= 11 is 0. The second-order valence-corrected chi connectivity index (χ2v) is 4.49. The van der Waals surface area contributed by atoms with Crippen molar-refractivity contribution in [3.05, 3.63) is 0 Å². The van der Waals surface area contributed by atoms with E-state index in [-0.39, 0.29) is 11.8 Å². The molecule has 0 aliphatic rings. The molecule has 0 aromatic heterocycles. The highest BCUT2D eigenvalue weighted by Crippen LogP contribution is 2.09. The highest BCUT2D eigenvalue weighted by atomic mass is 16.5. The maximum Gasteiger partial charge on any atom is 0.223 e. The first-order chi connectivity index (χ1) is 9.19. The molecule has 114 valence electrons. The molecular weight excluding hydrogens is 244 g/mol. The number of amides is 1. The topological polar surface area (TPSA) is 64.8 Å². The van der Waals surface area contributed by atoms with Crippen LogP contribution in [0.3, 0.4) is 0 Å². The number of carbonyl (C=O) groups excluding carboxylic acids is 1. The highest BCUT2D eigenvalue weighted by molar-refractivity contribution is 5.76. The Balaban J connectivity index is 4.22. The van der Waals surface area contributed by atoms with E-state index < -0.39 is 0 Å². The Bertz CT molecular complexity index is 211. The normalized spacial score (nSPS) is 12.4. The van der Waals surface area contributed by atoms with E-state index in [0.717, 1.165) is 6.42 Å². The third-order valence-corrected chi connectivity index (χ3v) is 3.15. The van der Waals surface area contributed by atoms with Gasteiger partial charge in [0, 0.05) is 32.7 Å². The Labute approximate surface area is 117 Å². The SMILES string of the molecule is CCOCCN(CCOCC)C(=O)CC(CC)CN. The largest absolute Gasteiger partial charge is 0.380 e. The molecule has 0 radical (unpaired) electrons. The van der Waals surface area contributed by atoms with E-state index in [1.807, 2.05) is 18.7 Å². The molecule has 0 aromatic rings. The van der Waals surface area contributed by atoms with Crippen LogP contribution in [-0.4, -0.2) is 56.9 Å². The van der Waals surface area contributed by atoms with Crippen LogP contribution in [0.2, 0.25) is 0 Å². The van der Waals surface area contributed by atoms with Crippen LogP contribution in [-0.2, 0) is 14.3 Å². The van der Waals surface area contributed by atoms with Crippen LogP contribution >= 0.6 is 0 Å². The van der Waals surface area contributed by atoms with Crippen molar-refractivity contribution in [2.45, 2.75) is 33.6 Å². The number of ether oxygens (including phenoxy) is 2. The van der Waals surface area contributed by atoms with Crippen LogP contribution in [0, 0.1) is 5.92 Å². The quantitative estimate of drug-likeness (QED) is 0.544. The minimum Gasteiger partial charge on any atom is -0.380 e. The summed E-state index contributed by atoms with van der Waals surface area (Å²) in [5, 5.41) is 0. The summed E-state index contributed by atoms with van der Waals surface area (Å²) in [5.41, 5.74) is 5.65. The minimum atomic E-state index is 0.150. The summed E-state index contributed by atoms with van der Waals surface area (Å²) in [5.74, 6) is 0.422. The van der Waals surface area contributed by atoms with Gasteiger partial charge in [-0.2, -0.15) is 0 Å². The van der Waals surface area contributed by atoms with E-state index in [4.69, 9.17) is 15.2 Å². The van der Waals surface area contributed by atoms with Crippen molar-refractivity contribution in [3.8, 4) is 0 Å². The van der Waals surface area contributed by atoms with Crippen LogP contribution in [0.25, 0.3) is 0 Å². The fourth-order valence-electron chi connectivity index (χ4n) is 1.77. The number of hydrogen-bond acceptors (Lipinski definition) is 4. The molecule has 0 bridgehead atoms. The number of rotatable bonds is 12. The van der Waals surface area contributed by atoms with E-state index in [0.29, 0.717) is 52.5 Å². The van der Waals surface area contributed by atoms with E-state index >= 15 is 0 Å². The van der Waals surface area contributed by atoms with Gasteiger partial charge in [-0.05, 0) is 26.3 Å². The monoisotopic (exact) mass is 274 g/mol.